The van der Waals surface area contributed by atoms with Gasteiger partial charge in [0, 0.05) is 41.4 Å². The Balaban J connectivity index is 1.40. The van der Waals surface area contributed by atoms with E-state index in [-0.39, 0.29) is 17.8 Å². The number of hydrogen-bond donors (Lipinski definition) is 2. The minimum Gasteiger partial charge on any atom is -0.462 e. The molecule has 2 atom stereocenters. The van der Waals surface area contributed by atoms with E-state index in [4.69, 9.17) is 14.7 Å². The maximum Gasteiger partial charge on any atom is 0.338 e. The number of Topliss-reactive ketones (excluding diaryl/α,β-unsaturated/α-hetero) is 1. The topological polar surface area (TPSA) is 95.9 Å². The number of carbonyl (C=O) groups is 2. The van der Waals surface area contributed by atoms with Gasteiger partial charge in [-0.3, -0.25) is 10.1 Å². The maximum absolute atomic E-state index is 13.7. The molecule has 3 aromatic rings. The van der Waals surface area contributed by atoms with Crippen LogP contribution in [0.2, 0.25) is 25.7 Å². The van der Waals surface area contributed by atoms with Gasteiger partial charge in [-0.05, 0) is 84.8 Å². The van der Waals surface area contributed by atoms with E-state index in [1.165, 1.54) is 5.56 Å². The van der Waals surface area contributed by atoms with Crippen LogP contribution in [0.3, 0.4) is 0 Å². The smallest absolute Gasteiger partial charge is 0.338 e. The van der Waals surface area contributed by atoms with E-state index in [9.17, 15) is 9.59 Å². The Morgan fingerprint density at radius 3 is 1.92 bits per heavy atom. The minimum absolute atomic E-state index is 0.117. The summed E-state index contributed by atoms with van der Waals surface area (Å²) in [5, 5.41) is 5.33. The van der Waals surface area contributed by atoms with Gasteiger partial charge in [-0.25, -0.2) is 14.8 Å². The van der Waals surface area contributed by atoms with E-state index in [0.717, 1.165) is 61.8 Å². The Morgan fingerprint density at radius 2 is 1.35 bits per heavy atom. The number of ketones is 1. The van der Waals surface area contributed by atoms with Gasteiger partial charge < -0.3 is 9.72 Å². The molecule has 248 valence electrons. The first-order chi connectivity index (χ1) is 23.4. The highest BCUT2D eigenvalue weighted by Crippen LogP contribution is 2.34. The van der Waals surface area contributed by atoms with E-state index in [1.54, 1.807) is 0 Å². The molecule has 8 bridgehead atoms. The number of aryl methyl sites for hydroxylation is 1. The molecule has 2 aromatic carbocycles. The second kappa shape index (κ2) is 12.5. The van der Waals surface area contributed by atoms with Crippen LogP contribution in [0, 0.1) is 12.3 Å². The number of hydrogen-bond acceptors (Lipinski definition) is 6. The van der Waals surface area contributed by atoms with Crippen LogP contribution in [0.25, 0.3) is 11.1 Å². The summed E-state index contributed by atoms with van der Waals surface area (Å²) >= 11 is 0. The molecule has 7 nitrogen and oxygen atoms in total. The maximum atomic E-state index is 13.7. The first-order valence-electron chi connectivity index (χ1n) is 16.9. The lowest BCUT2D eigenvalue weighted by Gasteiger charge is -2.21. The highest BCUT2D eigenvalue weighted by molar-refractivity contribution is 6.76. The molecule has 7 rings (SSSR count). The predicted octanol–water partition coefficient (Wildman–Crippen LogP) is 5.95. The van der Waals surface area contributed by atoms with Crippen LogP contribution in [-0.2, 0) is 9.53 Å². The third kappa shape index (κ3) is 6.58. The molecule has 8 heteroatoms. The van der Waals surface area contributed by atoms with Crippen molar-refractivity contribution in [2.45, 2.75) is 58.5 Å². The number of fused-ring (bicyclic) bond motifs is 6. The number of rotatable bonds is 6. The minimum atomic E-state index is -1.32. The molecule has 5 heterocycles. The van der Waals surface area contributed by atoms with Crippen LogP contribution in [0.5, 0.6) is 0 Å². The number of H-pyrrole nitrogens is 1. The van der Waals surface area contributed by atoms with Crippen molar-refractivity contribution < 1.29 is 14.3 Å². The van der Waals surface area contributed by atoms with Gasteiger partial charge in [0.15, 0.2) is 5.78 Å². The normalized spacial score (nSPS) is 25.4. The first-order valence-corrected chi connectivity index (χ1v) is 20.6. The summed E-state index contributed by atoms with van der Waals surface area (Å²) in [4.78, 5) is 40.4. The Labute approximate surface area is 288 Å². The predicted molar refractivity (Wildman–Crippen MR) is 200 cm³/mol. The lowest BCUT2D eigenvalue weighted by molar-refractivity contribution is -0.124. The molecule has 0 saturated carbocycles. The van der Waals surface area contributed by atoms with E-state index >= 15 is 0 Å². The number of carbonyl (C=O) groups excluding carboxylic acids is 2. The highest BCUT2D eigenvalue weighted by atomic mass is 28.3. The summed E-state index contributed by atoms with van der Waals surface area (Å²) in [5.74, 6) is -0.198. The second-order valence-electron chi connectivity index (χ2n) is 15.0. The Kier molecular flexibility index (Phi) is 8.33. The summed E-state index contributed by atoms with van der Waals surface area (Å²) in [7, 11) is -1.32. The molecule has 49 heavy (non-hydrogen) atoms. The van der Waals surface area contributed by atoms with Crippen molar-refractivity contribution in [3.05, 3.63) is 141 Å². The van der Waals surface area contributed by atoms with Gasteiger partial charge in [0.2, 0.25) is 0 Å². The molecule has 4 aliphatic rings. The Hall–Kier alpha value is -4.92. The molecule has 1 saturated heterocycles. The van der Waals surface area contributed by atoms with E-state index in [2.05, 4.69) is 79.3 Å². The van der Waals surface area contributed by atoms with Gasteiger partial charge in [0.1, 0.15) is 0 Å². The molecular formula is C41H42N4O3Si. The Bertz CT molecular complexity index is 2170. The standard InChI is InChI=1S/C41H42N4O3Si/c1-25-7-9-26(10-8-25)37-32-18-16-30(43-32)24-36-41(2,3)39(46)35(45-36)23-29-15-17-31(42-29)38(34-20-19-33(37)44-34)27-11-13-28(14-12-27)40(47)48-21-22-49(4,5)6/h7-20,23-24,35-36,44-45H,21-22H2,1-6H3/b29-23-,30-24-,37-33-,38-34-. The van der Waals surface area contributed by atoms with Crippen LogP contribution >= 0.6 is 0 Å². The summed E-state index contributed by atoms with van der Waals surface area (Å²) in [6.07, 6.45) is 12.0. The first kappa shape index (κ1) is 32.6. The van der Waals surface area contributed by atoms with Gasteiger partial charge in [0.25, 0.3) is 0 Å². The van der Waals surface area contributed by atoms with E-state index in [1.807, 2.05) is 68.5 Å². The van der Waals surface area contributed by atoms with Crippen LogP contribution in [0.15, 0.2) is 118 Å². The third-order valence-corrected chi connectivity index (χ3v) is 11.3. The van der Waals surface area contributed by atoms with Crippen LogP contribution in [0.1, 0.15) is 40.9 Å². The zero-order valence-electron chi connectivity index (χ0n) is 28.9. The van der Waals surface area contributed by atoms with Crippen molar-refractivity contribution in [3.8, 4) is 0 Å². The van der Waals surface area contributed by atoms with Crippen molar-refractivity contribution in [1.29, 1.82) is 0 Å². The number of benzene rings is 2. The number of nitrogens with zero attached hydrogens (tertiary/aromatic N) is 2. The molecule has 1 fully saturated rings. The second-order valence-corrected chi connectivity index (χ2v) is 20.6. The Morgan fingerprint density at radius 1 is 0.796 bits per heavy atom. The van der Waals surface area contributed by atoms with Crippen molar-refractivity contribution in [1.82, 2.24) is 10.3 Å². The average molecular weight is 667 g/mol. The summed E-state index contributed by atoms with van der Waals surface area (Å²) in [6, 6.07) is 20.4. The molecule has 0 aliphatic carbocycles. The van der Waals surface area contributed by atoms with Gasteiger partial charge in [-0.15, -0.1) is 0 Å². The molecule has 0 amide bonds. The number of esters is 1. The van der Waals surface area contributed by atoms with Gasteiger partial charge in [-0.1, -0.05) is 75.5 Å². The molecule has 2 N–H and O–H groups in total. The number of aromatic nitrogens is 1. The molecule has 2 unspecified atom stereocenters. The van der Waals surface area contributed by atoms with Crippen LogP contribution in [-0.4, -0.2) is 54.9 Å². The summed E-state index contributed by atoms with van der Waals surface area (Å²) < 4.78 is 5.61. The fourth-order valence-corrected chi connectivity index (χ4v) is 7.28. The third-order valence-electron chi connectivity index (χ3n) is 9.62. The van der Waals surface area contributed by atoms with Crippen LogP contribution in [0.4, 0.5) is 0 Å². The van der Waals surface area contributed by atoms with E-state index in [0.29, 0.717) is 12.2 Å². The zero-order valence-corrected chi connectivity index (χ0v) is 29.9. The number of allylic oxidation sites excluding steroid dienone is 4. The van der Waals surface area contributed by atoms with Crippen molar-refractivity contribution >= 4 is 42.4 Å². The molecule has 4 aliphatic heterocycles. The van der Waals surface area contributed by atoms with Crippen LogP contribution < -0.4 is 16.0 Å². The summed E-state index contributed by atoms with van der Waals surface area (Å²) in [6.45, 7) is 13.3. The molecule has 0 spiro atoms. The van der Waals surface area contributed by atoms with Crippen molar-refractivity contribution in [3.63, 3.8) is 0 Å². The molecule has 0 radical (unpaired) electrons. The monoisotopic (exact) mass is 666 g/mol. The number of nitrogens with one attached hydrogen (secondary N) is 2. The quantitative estimate of drug-likeness (QED) is 0.251. The molecule has 1 aromatic heterocycles. The SMILES string of the molecule is Cc1ccc(/C2=c3\cc/c([nH]3)=C(\c3ccc(C(=O)OCC[Si](C)(C)C)cc3)C3=N/C(=C\C4NC(/C=C5/C=CC2=N5)C(C)(C)C4=O)C=C3)cc1. The number of aromatic amines is 1. The lowest BCUT2D eigenvalue weighted by Crippen LogP contribution is -2.33. The van der Waals surface area contributed by atoms with Gasteiger partial charge in [0.05, 0.1) is 41.0 Å². The van der Waals surface area contributed by atoms with E-state index < -0.39 is 19.5 Å². The number of aliphatic imine (C=N–C) groups is 2. The average Bonchev–Trinajstić information content (AvgIpc) is 3.86. The number of ether oxygens (including phenoxy) is 1. The lowest BCUT2D eigenvalue weighted by atomic mass is 9.82. The molecular weight excluding hydrogens is 625 g/mol. The fourth-order valence-electron chi connectivity index (χ4n) is 6.57. The largest absolute Gasteiger partial charge is 0.462 e. The van der Waals surface area contributed by atoms with Gasteiger partial charge in [-0.2, -0.15) is 0 Å². The van der Waals surface area contributed by atoms with Crippen molar-refractivity contribution in [2.75, 3.05) is 6.61 Å². The highest BCUT2D eigenvalue weighted by Gasteiger charge is 2.46. The zero-order chi connectivity index (χ0) is 34.5. The fraction of sp³-hybridized carbons (Fsp3) is 0.268. The summed E-state index contributed by atoms with van der Waals surface area (Å²) in [5.41, 5.74) is 8.00. The van der Waals surface area contributed by atoms with Crippen molar-refractivity contribution in [2.24, 2.45) is 15.4 Å². The van der Waals surface area contributed by atoms with Gasteiger partial charge >= 0.3 is 5.97 Å².